The molecule has 0 amide bonds. The van der Waals surface area contributed by atoms with Crippen molar-refractivity contribution in [3.8, 4) is 17.9 Å². The molecule has 0 bridgehead atoms. The van der Waals surface area contributed by atoms with Crippen molar-refractivity contribution < 1.29 is 0 Å². The molecule has 0 atom stereocenters. The van der Waals surface area contributed by atoms with E-state index in [2.05, 4.69) is 27.8 Å². The second kappa shape index (κ2) is 8.01. The Labute approximate surface area is 147 Å². The highest BCUT2D eigenvalue weighted by Crippen LogP contribution is 2.26. The van der Waals surface area contributed by atoms with E-state index in [4.69, 9.17) is 5.26 Å². The highest BCUT2D eigenvalue weighted by Gasteiger charge is 2.16. The molecule has 2 heterocycles. The molecular formula is C20H17N4O-. The fraction of sp³-hybridized carbons (Fsp3) is 0.200. The van der Waals surface area contributed by atoms with Gasteiger partial charge in [0, 0.05) is 24.8 Å². The summed E-state index contributed by atoms with van der Waals surface area (Å²) < 4.78 is 0. The Balaban J connectivity index is 1.64. The van der Waals surface area contributed by atoms with Crippen LogP contribution < -0.4 is 10.4 Å². The first-order chi connectivity index (χ1) is 12.3. The standard InChI is InChI=1S/C20H17N4O/c21-15-18-7-2-6-17(14-18)5-1-4-16-9-12-24(13-10-16)20-19(23-25)8-3-11-22-20/h2-4,6-8,11,14,23H,9-10,12-13H2/q-1. The molecule has 0 radical (unpaired) electrons. The number of pyridine rings is 1. The first-order valence-corrected chi connectivity index (χ1v) is 8.08. The number of rotatable bonds is 2. The highest BCUT2D eigenvalue weighted by atomic mass is 16.5. The van der Waals surface area contributed by atoms with E-state index in [0.717, 1.165) is 31.5 Å². The summed E-state index contributed by atoms with van der Waals surface area (Å²) in [6.45, 7) is 1.62. The zero-order chi connectivity index (χ0) is 17.5. The van der Waals surface area contributed by atoms with E-state index in [1.165, 1.54) is 5.57 Å². The van der Waals surface area contributed by atoms with Gasteiger partial charge in [0.2, 0.25) is 0 Å². The predicted octanol–water partition coefficient (Wildman–Crippen LogP) is 3.44. The van der Waals surface area contributed by atoms with Crippen LogP contribution in [0.2, 0.25) is 0 Å². The number of hydrogen-bond donors (Lipinski definition) is 1. The molecule has 5 heteroatoms. The molecule has 0 spiro atoms. The third-order valence-corrected chi connectivity index (χ3v) is 4.09. The second-order valence-corrected chi connectivity index (χ2v) is 5.73. The molecule has 1 aromatic carbocycles. The Kier molecular flexibility index (Phi) is 5.31. The number of nitriles is 1. The fourth-order valence-corrected chi connectivity index (χ4v) is 2.77. The van der Waals surface area contributed by atoms with Crippen molar-refractivity contribution in [2.24, 2.45) is 0 Å². The average molecular weight is 329 g/mol. The van der Waals surface area contributed by atoms with Crippen molar-refractivity contribution in [2.75, 3.05) is 23.5 Å². The van der Waals surface area contributed by atoms with Crippen LogP contribution in [0.15, 0.2) is 54.2 Å². The van der Waals surface area contributed by atoms with Crippen LogP contribution in [0.5, 0.6) is 0 Å². The monoisotopic (exact) mass is 329 g/mol. The average Bonchev–Trinajstić information content (AvgIpc) is 2.68. The summed E-state index contributed by atoms with van der Waals surface area (Å²) in [6.07, 6.45) is 5.44. The Morgan fingerprint density at radius 2 is 1.96 bits per heavy atom. The topological polar surface area (TPSA) is 75.0 Å². The van der Waals surface area contributed by atoms with E-state index in [9.17, 15) is 5.21 Å². The van der Waals surface area contributed by atoms with Crippen LogP contribution in [0, 0.1) is 28.4 Å². The molecule has 0 unspecified atom stereocenters. The lowest BCUT2D eigenvalue weighted by Crippen LogP contribution is -2.31. The third kappa shape index (κ3) is 4.17. The largest absolute Gasteiger partial charge is 0.761 e. The summed E-state index contributed by atoms with van der Waals surface area (Å²) in [6, 6.07) is 12.9. The maximum atomic E-state index is 11.0. The SMILES string of the molecule is N#Cc1cccc(C#CC=C2CCN(c3ncccc3N[O-])CC2)c1. The first kappa shape index (κ1) is 16.6. The van der Waals surface area contributed by atoms with Crippen molar-refractivity contribution in [3.05, 3.63) is 70.6 Å². The van der Waals surface area contributed by atoms with Gasteiger partial charge in [0.15, 0.2) is 5.82 Å². The van der Waals surface area contributed by atoms with Crippen molar-refractivity contribution in [1.82, 2.24) is 4.98 Å². The number of nitrogens with one attached hydrogen (secondary N) is 1. The van der Waals surface area contributed by atoms with E-state index >= 15 is 0 Å². The van der Waals surface area contributed by atoms with Gasteiger partial charge >= 0.3 is 0 Å². The molecular weight excluding hydrogens is 312 g/mol. The number of piperidine rings is 1. The molecule has 0 aliphatic carbocycles. The maximum Gasteiger partial charge on any atom is 0.151 e. The molecule has 1 fully saturated rings. The molecule has 1 N–H and O–H groups in total. The minimum Gasteiger partial charge on any atom is -0.761 e. The molecule has 124 valence electrons. The molecule has 5 nitrogen and oxygen atoms in total. The quantitative estimate of drug-likeness (QED) is 0.675. The van der Waals surface area contributed by atoms with Gasteiger partial charge in [0.1, 0.15) is 0 Å². The number of anilines is 2. The van der Waals surface area contributed by atoms with E-state index in [1.807, 2.05) is 23.7 Å². The van der Waals surface area contributed by atoms with Crippen molar-refractivity contribution >= 4 is 11.5 Å². The van der Waals surface area contributed by atoms with Gasteiger partial charge in [-0.15, -0.1) is 0 Å². The molecule has 1 saturated heterocycles. The van der Waals surface area contributed by atoms with Gasteiger partial charge in [-0.05, 0) is 49.2 Å². The summed E-state index contributed by atoms with van der Waals surface area (Å²) in [5.41, 5.74) is 5.20. The van der Waals surface area contributed by atoms with Gasteiger partial charge in [0.25, 0.3) is 0 Å². The highest BCUT2D eigenvalue weighted by molar-refractivity contribution is 5.66. The van der Waals surface area contributed by atoms with Crippen LogP contribution in [0.3, 0.4) is 0 Å². The van der Waals surface area contributed by atoms with Crippen molar-refractivity contribution in [3.63, 3.8) is 0 Å². The predicted molar refractivity (Wildman–Crippen MR) is 98.8 cm³/mol. The fourth-order valence-electron chi connectivity index (χ4n) is 2.77. The summed E-state index contributed by atoms with van der Waals surface area (Å²) in [4.78, 5) is 6.42. The van der Waals surface area contributed by atoms with Gasteiger partial charge in [-0.3, -0.25) is 0 Å². The lowest BCUT2D eigenvalue weighted by atomic mass is 10.0. The summed E-state index contributed by atoms with van der Waals surface area (Å²) in [7, 11) is 0. The number of hydrogen-bond acceptors (Lipinski definition) is 5. The number of allylic oxidation sites excluding steroid dienone is 1. The van der Waals surface area contributed by atoms with Gasteiger partial charge in [-0.2, -0.15) is 5.26 Å². The number of aromatic nitrogens is 1. The van der Waals surface area contributed by atoms with Crippen LogP contribution in [0.1, 0.15) is 24.0 Å². The molecule has 3 rings (SSSR count). The number of benzene rings is 1. The number of nitrogens with zero attached hydrogens (tertiary/aromatic N) is 3. The molecule has 25 heavy (non-hydrogen) atoms. The molecule has 1 aromatic heterocycles. The maximum absolute atomic E-state index is 11.0. The molecule has 2 aromatic rings. The molecule has 0 saturated carbocycles. The lowest BCUT2D eigenvalue weighted by Gasteiger charge is -2.31. The zero-order valence-electron chi connectivity index (χ0n) is 13.7. The third-order valence-electron chi connectivity index (χ3n) is 4.09. The first-order valence-electron chi connectivity index (χ1n) is 8.08. The lowest BCUT2D eigenvalue weighted by molar-refractivity contribution is 0.678. The van der Waals surface area contributed by atoms with E-state index in [0.29, 0.717) is 17.1 Å². The minimum absolute atomic E-state index is 0.507. The van der Waals surface area contributed by atoms with E-state index in [-0.39, 0.29) is 0 Å². The van der Waals surface area contributed by atoms with Crippen LogP contribution in [0.25, 0.3) is 0 Å². The Bertz CT molecular complexity index is 876. The van der Waals surface area contributed by atoms with Crippen LogP contribution in [0.4, 0.5) is 11.5 Å². The van der Waals surface area contributed by atoms with E-state index in [1.54, 1.807) is 30.5 Å². The second-order valence-electron chi connectivity index (χ2n) is 5.73. The molecule has 1 aliphatic rings. The van der Waals surface area contributed by atoms with Crippen LogP contribution >= 0.6 is 0 Å². The zero-order valence-corrected chi connectivity index (χ0v) is 13.7. The Hall–Kier alpha value is -3.28. The van der Waals surface area contributed by atoms with Gasteiger partial charge in [-0.1, -0.05) is 23.5 Å². The smallest absolute Gasteiger partial charge is 0.151 e. The van der Waals surface area contributed by atoms with Gasteiger partial charge < -0.3 is 15.6 Å². The summed E-state index contributed by atoms with van der Waals surface area (Å²) in [5.74, 6) is 6.86. The normalized spacial score (nSPS) is 13.4. The van der Waals surface area contributed by atoms with Crippen LogP contribution in [-0.2, 0) is 0 Å². The molecule has 1 aliphatic heterocycles. The van der Waals surface area contributed by atoms with Gasteiger partial charge in [0.05, 0.1) is 17.3 Å². The van der Waals surface area contributed by atoms with Crippen molar-refractivity contribution in [1.29, 1.82) is 5.26 Å². The summed E-state index contributed by atoms with van der Waals surface area (Å²) in [5, 5.41) is 19.9. The van der Waals surface area contributed by atoms with Crippen molar-refractivity contribution in [2.45, 2.75) is 12.8 Å². The summed E-state index contributed by atoms with van der Waals surface area (Å²) >= 11 is 0. The Morgan fingerprint density at radius 1 is 1.16 bits per heavy atom. The van der Waals surface area contributed by atoms with Gasteiger partial charge in [-0.25, -0.2) is 4.98 Å². The van der Waals surface area contributed by atoms with Crippen LogP contribution in [-0.4, -0.2) is 18.1 Å². The van der Waals surface area contributed by atoms with E-state index < -0.39 is 0 Å². The Morgan fingerprint density at radius 3 is 2.72 bits per heavy atom. The minimum atomic E-state index is 0.507.